The first kappa shape index (κ1) is 14.1. The maximum absolute atomic E-state index is 12.0. The average Bonchev–Trinajstić information content (AvgIpc) is 2.34. The van der Waals surface area contributed by atoms with Crippen molar-refractivity contribution in [2.45, 2.75) is 13.8 Å². The van der Waals surface area contributed by atoms with Crippen LogP contribution >= 0.6 is 0 Å². The van der Waals surface area contributed by atoms with Gasteiger partial charge in [-0.05, 0) is 26.0 Å². The van der Waals surface area contributed by atoms with Crippen LogP contribution in [-0.2, 0) is 0 Å². The lowest BCUT2D eigenvalue weighted by Gasteiger charge is -2.19. The van der Waals surface area contributed by atoms with Crippen molar-refractivity contribution in [3.8, 4) is 0 Å². The lowest BCUT2D eigenvalue weighted by atomic mass is 10.2. The molecule has 0 bridgehead atoms. The van der Waals surface area contributed by atoms with E-state index in [4.69, 9.17) is 10.2 Å². The molecule has 0 aromatic carbocycles. The Morgan fingerprint density at radius 3 is 2.50 bits per heavy atom. The van der Waals surface area contributed by atoms with E-state index in [1.807, 2.05) is 0 Å². The Hall–Kier alpha value is -1.95. The Morgan fingerprint density at radius 2 is 2.06 bits per heavy atom. The SMILES string of the molecule is CCN(CCO)C(=O)c1ccc(C(=O)O)c(C)n1. The van der Waals surface area contributed by atoms with Gasteiger partial charge in [0.25, 0.3) is 5.91 Å². The molecule has 98 valence electrons. The summed E-state index contributed by atoms with van der Waals surface area (Å²) in [6.07, 6.45) is 0. The highest BCUT2D eigenvalue weighted by Gasteiger charge is 2.17. The van der Waals surface area contributed by atoms with Gasteiger partial charge >= 0.3 is 5.97 Å². The molecule has 6 nitrogen and oxygen atoms in total. The van der Waals surface area contributed by atoms with E-state index in [0.717, 1.165) is 0 Å². The van der Waals surface area contributed by atoms with Crippen LogP contribution in [0.15, 0.2) is 12.1 Å². The number of aliphatic hydroxyl groups excluding tert-OH is 1. The van der Waals surface area contributed by atoms with Crippen LogP contribution in [0.3, 0.4) is 0 Å². The van der Waals surface area contributed by atoms with Crippen LogP contribution in [0.5, 0.6) is 0 Å². The second-order valence-electron chi connectivity index (χ2n) is 3.74. The molecule has 0 radical (unpaired) electrons. The van der Waals surface area contributed by atoms with Crippen LogP contribution in [0.25, 0.3) is 0 Å². The zero-order valence-electron chi connectivity index (χ0n) is 10.4. The summed E-state index contributed by atoms with van der Waals surface area (Å²) in [5.41, 5.74) is 0.568. The number of amides is 1. The molecule has 0 saturated carbocycles. The molecular formula is C12H16N2O4. The van der Waals surface area contributed by atoms with Gasteiger partial charge in [0.1, 0.15) is 5.69 Å². The van der Waals surface area contributed by atoms with Crippen LogP contribution in [0.1, 0.15) is 33.5 Å². The van der Waals surface area contributed by atoms with Crippen molar-refractivity contribution in [3.05, 3.63) is 29.1 Å². The number of carboxylic acids is 1. The molecule has 0 aliphatic carbocycles. The van der Waals surface area contributed by atoms with Gasteiger partial charge in [-0.15, -0.1) is 0 Å². The molecule has 0 atom stereocenters. The number of aliphatic hydroxyl groups is 1. The van der Waals surface area contributed by atoms with Gasteiger partial charge in [-0.1, -0.05) is 0 Å². The van der Waals surface area contributed by atoms with Crippen molar-refractivity contribution < 1.29 is 19.8 Å². The number of carbonyl (C=O) groups excluding carboxylic acids is 1. The quantitative estimate of drug-likeness (QED) is 0.798. The van der Waals surface area contributed by atoms with Gasteiger partial charge in [0.05, 0.1) is 17.9 Å². The van der Waals surface area contributed by atoms with E-state index in [-0.39, 0.29) is 30.3 Å². The number of carboxylic acid groups (broad SMARTS) is 1. The fraction of sp³-hybridized carbons (Fsp3) is 0.417. The maximum atomic E-state index is 12.0. The van der Waals surface area contributed by atoms with E-state index in [2.05, 4.69) is 4.98 Å². The normalized spacial score (nSPS) is 10.2. The minimum atomic E-state index is -1.07. The molecule has 18 heavy (non-hydrogen) atoms. The summed E-state index contributed by atoms with van der Waals surface area (Å²) in [5, 5.41) is 17.7. The molecule has 0 aliphatic rings. The van der Waals surface area contributed by atoms with Gasteiger partial charge in [0.2, 0.25) is 0 Å². The predicted molar refractivity (Wildman–Crippen MR) is 64.6 cm³/mol. The number of hydrogen-bond donors (Lipinski definition) is 2. The maximum Gasteiger partial charge on any atom is 0.337 e. The highest BCUT2D eigenvalue weighted by molar-refractivity contribution is 5.94. The van der Waals surface area contributed by atoms with E-state index in [9.17, 15) is 9.59 Å². The summed E-state index contributed by atoms with van der Waals surface area (Å²) < 4.78 is 0. The summed E-state index contributed by atoms with van der Waals surface area (Å²) in [7, 11) is 0. The van der Waals surface area contributed by atoms with E-state index < -0.39 is 5.97 Å². The number of rotatable bonds is 5. The largest absolute Gasteiger partial charge is 0.478 e. The molecule has 0 saturated heterocycles. The van der Waals surface area contributed by atoms with Crippen LogP contribution < -0.4 is 0 Å². The standard InChI is InChI=1S/C12H16N2O4/c1-3-14(6-7-15)11(16)10-5-4-9(12(17)18)8(2)13-10/h4-5,15H,3,6-7H2,1-2H3,(H,17,18). The third kappa shape index (κ3) is 3.04. The van der Waals surface area contributed by atoms with Gasteiger partial charge in [-0.3, -0.25) is 4.79 Å². The lowest BCUT2D eigenvalue weighted by Crippen LogP contribution is -2.34. The summed E-state index contributed by atoms with van der Waals surface area (Å²) in [4.78, 5) is 28.3. The molecule has 0 fully saturated rings. The first-order valence-electron chi connectivity index (χ1n) is 5.62. The molecule has 0 spiro atoms. The topological polar surface area (TPSA) is 90.7 Å². The van der Waals surface area contributed by atoms with E-state index in [1.54, 1.807) is 13.8 Å². The molecule has 1 rings (SSSR count). The van der Waals surface area contributed by atoms with Gasteiger partial charge in [0, 0.05) is 13.1 Å². The van der Waals surface area contributed by atoms with Crippen LogP contribution in [0, 0.1) is 6.92 Å². The van der Waals surface area contributed by atoms with E-state index in [0.29, 0.717) is 12.2 Å². The van der Waals surface area contributed by atoms with Gasteiger partial charge in [-0.2, -0.15) is 0 Å². The summed E-state index contributed by atoms with van der Waals surface area (Å²) in [5.74, 6) is -1.38. The zero-order chi connectivity index (χ0) is 13.7. The Labute approximate surface area is 105 Å². The molecule has 0 unspecified atom stereocenters. The minimum Gasteiger partial charge on any atom is -0.478 e. The Kier molecular flexibility index (Phi) is 4.79. The molecule has 0 aliphatic heterocycles. The average molecular weight is 252 g/mol. The van der Waals surface area contributed by atoms with Crippen molar-refractivity contribution in [1.82, 2.24) is 9.88 Å². The number of nitrogens with zero attached hydrogens (tertiary/aromatic N) is 2. The third-order valence-corrected chi connectivity index (χ3v) is 2.57. The zero-order valence-corrected chi connectivity index (χ0v) is 10.4. The number of carbonyl (C=O) groups is 2. The van der Waals surface area contributed by atoms with Crippen molar-refractivity contribution >= 4 is 11.9 Å². The number of pyridine rings is 1. The molecule has 2 N–H and O–H groups in total. The highest BCUT2D eigenvalue weighted by Crippen LogP contribution is 2.09. The van der Waals surface area contributed by atoms with E-state index in [1.165, 1.54) is 17.0 Å². The molecule has 1 heterocycles. The molecular weight excluding hydrogens is 236 g/mol. The molecule has 1 aromatic rings. The van der Waals surface area contributed by atoms with Gasteiger partial charge < -0.3 is 15.1 Å². The Bertz CT molecular complexity index is 459. The molecule has 1 amide bonds. The highest BCUT2D eigenvalue weighted by atomic mass is 16.4. The smallest absolute Gasteiger partial charge is 0.337 e. The number of hydrogen-bond acceptors (Lipinski definition) is 4. The first-order valence-corrected chi connectivity index (χ1v) is 5.62. The van der Waals surface area contributed by atoms with Crippen LogP contribution in [0.4, 0.5) is 0 Å². The minimum absolute atomic E-state index is 0.0803. The first-order chi connectivity index (χ1) is 8.51. The summed E-state index contributed by atoms with van der Waals surface area (Å²) in [6.45, 7) is 3.91. The lowest BCUT2D eigenvalue weighted by molar-refractivity contribution is 0.0689. The van der Waals surface area contributed by atoms with Crippen molar-refractivity contribution in [1.29, 1.82) is 0 Å². The molecule has 1 aromatic heterocycles. The van der Waals surface area contributed by atoms with Gasteiger partial charge in [-0.25, -0.2) is 9.78 Å². The summed E-state index contributed by atoms with van der Waals surface area (Å²) in [6, 6.07) is 2.75. The number of likely N-dealkylation sites (N-methyl/N-ethyl adjacent to an activating group) is 1. The second-order valence-corrected chi connectivity index (χ2v) is 3.74. The van der Waals surface area contributed by atoms with Crippen LogP contribution in [-0.4, -0.2) is 51.7 Å². The van der Waals surface area contributed by atoms with Crippen molar-refractivity contribution in [2.75, 3.05) is 19.7 Å². The predicted octanol–water partition coefficient (Wildman–Crippen LogP) is 0.543. The fourth-order valence-corrected chi connectivity index (χ4v) is 1.59. The number of aromatic nitrogens is 1. The van der Waals surface area contributed by atoms with E-state index >= 15 is 0 Å². The van der Waals surface area contributed by atoms with Crippen molar-refractivity contribution in [2.24, 2.45) is 0 Å². The second kappa shape index (κ2) is 6.11. The van der Waals surface area contributed by atoms with Gasteiger partial charge in [0.15, 0.2) is 0 Å². The number of aromatic carboxylic acids is 1. The fourth-order valence-electron chi connectivity index (χ4n) is 1.59. The molecule has 6 heteroatoms. The monoisotopic (exact) mass is 252 g/mol. The third-order valence-electron chi connectivity index (χ3n) is 2.57. The number of aryl methyl sites for hydroxylation is 1. The van der Waals surface area contributed by atoms with Crippen molar-refractivity contribution in [3.63, 3.8) is 0 Å². The Morgan fingerprint density at radius 1 is 1.39 bits per heavy atom. The van der Waals surface area contributed by atoms with Crippen LogP contribution in [0.2, 0.25) is 0 Å². The Balaban J connectivity index is 3.00. The summed E-state index contributed by atoms with van der Waals surface area (Å²) >= 11 is 0.